The normalized spacial score (nSPS) is 21.9. The summed E-state index contributed by atoms with van der Waals surface area (Å²) in [7, 11) is 0. The minimum Gasteiger partial charge on any atom is -0.478 e. The maximum Gasteiger partial charge on any atom is 0.328 e. The second-order valence-electron chi connectivity index (χ2n) is 9.24. The zero-order valence-corrected chi connectivity index (χ0v) is 18.1. The van der Waals surface area contributed by atoms with E-state index in [1.807, 2.05) is 36.1 Å². The molecule has 2 N–H and O–H groups in total. The number of benzene rings is 2. The molecule has 0 radical (unpaired) electrons. The molecule has 0 unspecified atom stereocenters. The molecule has 170 valence electrons. The van der Waals surface area contributed by atoms with Gasteiger partial charge in [0.05, 0.1) is 6.04 Å². The van der Waals surface area contributed by atoms with E-state index in [1.54, 1.807) is 0 Å². The van der Waals surface area contributed by atoms with Gasteiger partial charge in [0.2, 0.25) is 0 Å². The third-order valence-electron chi connectivity index (χ3n) is 6.95. The summed E-state index contributed by atoms with van der Waals surface area (Å²) in [6.07, 6.45) is 5.24. The van der Waals surface area contributed by atoms with Gasteiger partial charge in [-0.25, -0.2) is 13.6 Å². The lowest BCUT2D eigenvalue weighted by Gasteiger charge is -2.42. The zero-order chi connectivity index (χ0) is 23.3. The SMILES string of the molecule is C[C@@H]1Cc2c([nH]c3ccccc23)[C@@H](c2c(F)cc(C=CC(=O)O)cc2F)N1CC1(C=O)CC1. The van der Waals surface area contributed by atoms with E-state index in [4.69, 9.17) is 5.11 Å². The van der Waals surface area contributed by atoms with Crippen LogP contribution in [-0.2, 0) is 16.0 Å². The van der Waals surface area contributed by atoms with E-state index in [0.29, 0.717) is 13.0 Å². The Labute approximate surface area is 189 Å². The highest BCUT2D eigenvalue weighted by atomic mass is 19.1. The first kappa shape index (κ1) is 21.5. The van der Waals surface area contributed by atoms with Gasteiger partial charge < -0.3 is 14.9 Å². The van der Waals surface area contributed by atoms with Gasteiger partial charge in [-0.3, -0.25) is 4.90 Å². The molecule has 33 heavy (non-hydrogen) atoms. The second-order valence-corrected chi connectivity index (χ2v) is 9.24. The Kier molecular flexibility index (Phi) is 5.16. The van der Waals surface area contributed by atoms with Crippen molar-refractivity contribution in [2.24, 2.45) is 5.41 Å². The van der Waals surface area contributed by atoms with Gasteiger partial charge in [0, 0.05) is 46.2 Å². The Hall–Kier alpha value is -3.32. The topological polar surface area (TPSA) is 73.4 Å². The van der Waals surface area contributed by atoms with Gasteiger partial charge >= 0.3 is 5.97 Å². The van der Waals surface area contributed by atoms with Crippen LogP contribution in [0.3, 0.4) is 0 Å². The number of hydrogen-bond donors (Lipinski definition) is 2. The number of fused-ring (bicyclic) bond motifs is 3. The molecule has 2 atom stereocenters. The number of aromatic amines is 1. The van der Waals surface area contributed by atoms with Crippen molar-refractivity contribution in [1.82, 2.24) is 9.88 Å². The standard InChI is InChI=1S/C26H24F2N2O3/c1-15-10-18-17-4-2-3-5-21(17)29-24(18)25(30(15)13-26(14-31)8-9-26)23-19(27)11-16(12-20(23)28)6-7-22(32)33/h2-7,11-12,14-15,25,29H,8-10,13H2,1H3,(H,32,33)/t15-,25-/m1/s1. The average Bonchev–Trinajstić information content (AvgIpc) is 3.47. The van der Waals surface area contributed by atoms with E-state index in [1.165, 1.54) is 6.08 Å². The fourth-order valence-corrected chi connectivity index (χ4v) is 5.03. The van der Waals surface area contributed by atoms with Crippen molar-refractivity contribution < 1.29 is 23.5 Å². The van der Waals surface area contributed by atoms with E-state index < -0.39 is 29.1 Å². The summed E-state index contributed by atoms with van der Waals surface area (Å²) in [5.41, 5.74) is 2.25. The molecule has 5 rings (SSSR count). The van der Waals surface area contributed by atoms with Gasteiger partial charge in [-0.2, -0.15) is 0 Å². The van der Waals surface area contributed by atoms with Gasteiger partial charge in [0.15, 0.2) is 0 Å². The van der Waals surface area contributed by atoms with Crippen molar-refractivity contribution in [2.45, 2.75) is 38.3 Å². The number of aliphatic carboxylic acids is 1. The summed E-state index contributed by atoms with van der Waals surface area (Å²) in [4.78, 5) is 28.0. The lowest BCUT2D eigenvalue weighted by molar-refractivity contribution is -0.131. The first-order chi connectivity index (χ1) is 15.8. The molecule has 2 aromatic carbocycles. The molecule has 1 fully saturated rings. The van der Waals surface area contributed by atoms with Gasteiger partial charge in [-0.05, 0) is 61.6 Å². The summed E-state index contributed by atoms with van der Waals surface area (Å²) in [6.45, 7) is 2.45. The predicted octanol–water partition coefficient (Wildman–Crippen LogP) is 4.86. The number of carbonyl (C=O) groups excluding carboxylic acids is 1. The van der Waals surface area contributed by atoms with Crippen LogP contribution in [0.4, 0.5) is 8.78 Å². The quantitative estimate of drug-likeness (QED) is 0.416. The van der Waals surface area contributed by atoms with Crippen LogP contribution in [0.2, 0.25) is 0 Å². The molecule has 0 spiro atoms. The van der Waals surface area contributed by atoms with Crippen molar-refractivity contribution >= 4 is 29.2 Å². The number of aldehydes is 1. The molecule has 1 aromatic heterocycles. The molecule has 7 heteroatoms. The maximum atomic E-state index is 15.5. The van der Waals surface area contributed by atoms with Crippen molar-refractivity contribution in [2.75, 3.05) is 6.54 Å². The number of carboxylic acids is 1. The summed E-state index contributed by atoms with van der Waals surface area (Å²) in [6, 6.07) is 9.35. The van der Waals surface area contributed by atoms with E-state index in [0.717, 1.165) is 59.5 Å². The lowest BCUT2D eigenvalue weighted by atomic mass is 9.86. The first-order valence-corrected chi connectivity index (χ1v) is 11.0. The minimum absolute atomic E-state index is 0.0375. The fraction of sp³-hybridized carbons (Fsp3) is 0.308. The smallest absolute Gasteiger partial charge is 0.328 e. The van der Waals surface area contributed by atoms with Gasteiger partial charge in [0.1, 0.15) is 17.9 Å². The van der Waals surface area contributed by atoms with E-state index in [2.05, 4.69) is 4.98 Å². The van der Waals surface area contributed by atoms with Crippen LogP contribution < -0.4 is 0 Å². The summed E-state index contributed by atoms with van der Waals surface area (Å²) in [5.74, 6) is -2.69. The second kappa shape index (κ2) is 7.92. The van der Waals surface area contributed by atoms with Crippen molar-refractivity contribution in [1.29, 1.82) is 0 Å². The van der Waals surface area contributed by atoms with Crippen LogP contribution >= 0.6 is 0 Å². The number of para-hydroxylation sites is 1. The molecule has 5 nitrogen and oxygen atoms in total. The maximum absolute atomic E-state index is 15.5. The van der Waals surface area contributed by atoms with Gasteiger partial charge in [-0.1, -0.05) is 18.2 Å². The molecule has 0 saturated heterocycles. The molecule has 0 bridgehead atoms. The highest BCUT2D eigenvalue weighted by Gasteiger charge is 2.48. The Morgan fingerprint density at radius 2 is 1.94 bits per heavy atom. The Morgan fingerprint density at radius 1 is 1.24 bits per heavy atom. The van der Waals surface area contributed by atoms with Crippen molar-refractivity contribution in [3.63, 3.8) is 0 Å². The average molecular weight is 450 g/mol. The predicted molar refractivity (Wildman–Crippen MR) is 121 cm³/mol. The fourth-order valence-electron chi connectivity index (χ4n) is 5.03. The Bertz CT molecular complexity index is 1270. The van der Waals surface area contributed by atoms with Crippen LogP contribution in [0.15, 0.2) is 42.5 Å². The third kappa shape index (κ3) is 3.76. The number of hydrogen-bond acceptors (Lipinski definition) is 3. The Balaban J connectivity index is 1.68. The highest BCUT2D eigenvalue weighted by Crippen LogP contribution is 2.49. The summed E-state index contributed by atoms with van der Waals surface area (Å²) < 4.78 is 30.9. The van der Waals surface area contributed by atoms with Crippen molar-refractivity contribution in [3.05, 3.63) is 76.5 Å². The van der Waals surface area contributed by atoms with Crippen molar-refractivity contribution in [3.8, 4) is 0 Å². The summed E-state index contributed by atoms with van der Waals surface area (Å²) in [5, 5.41) is 9.87. The number of carbonyl (C=O) groups is 2. The monoisotopic (exact) mass is 450 g/mol. The largest absolute Gasteiger partial charge is 0.478 e. The molecule has 1 aliphatic carbocycles. The van der Waals surface area contributed by atoms with Crippen LogP contribution in [-0.4, -0.2) is 39.8 Å². The first-order valence-electron chi connectivity index (χ1n) is 11.0. The minimum atomic E-state index is -1.20. The van der Waals surface area contributed by atoms with Crippen LogP contribution in [0, 0.1) is 17.0 Å². The van der Waals surface area contributed by atoms with Crippen LogP contribution in [0.25, 0.3) is 17.0 Å². The number of H-pyrrole nitrogens is 1. The van der Waals surface area contributed by atoms with E-state index in [-0.39, 0.29) is 17.2 Å². The molecule has 3 aromatic rings. The number of halogens is 2. The molecule has 2 heterocycles. The number of aromatic nitrogens is 1. The number of rotatable bonds is 6. The molecular formula is C26H24F2N2O3. The van der Waals surface area contributed by atoms with Crippen LogP contribution in [0.5, 0.6) is 0 Å². The molecule has 1 saturated carbocycles. The Morgan fingerprint density at radius 3 is 2.58 bits per heavy atom. The molecule has 0 amide bonds. The summed E-state index contributed by atoms with van der Waals surface area (Å²) >= 11 is 0. The third-order valence-corrected chi connectivity index (χ3v) is 6.95. The van der Waals surface area contributed by atoms with Gasteiger partial charge in [-0.15, -0.1) is 0 Å². The lowest BCUT2D eigenvalue weighted by Crippen LogP contribution is -2.46. The molecular weight excluding hydrogens is 426 g/mol. The zero-order valence-electron chi connectivity index (χ0n) is 18.1. The van der Waals surface area contributed by atoms with E-state index >= 15 is 8.78 Å². The van der Waals surface area contributed by atoms with Crippen LogP contribution in [0.1, 0.15) is 48.2 Å². The number of nitrogens with zero attached hydrogens (tertiary/aromatic N) is 1. The molecule has 2 aliphatic rings. The molecule has 1 aliphatic heterocycles. The number of carboxylic acid groups (broad SMARTS) is 1. The number of nitrogens with one attached hydrogen (secondary N) is 1. The highest BCUT2D eigenvalue weighted by molar-refractivity contribution is 5.86. The van der Waals surface area contributed by atoms with Gasteiger partial charge in [0.25, 0.3) is 0 Å². The van der Waals surface area contributed by atoms with E-state index in [9.17, 15) is 9.59 Å².